The first kappa shape index (κ1) is 10.6. The van der Waals surface area contributed by atoms with E-state index in [1.165, 1.54) is 24.3 Å². The topological polar surface area (TPSA) is 98.9 Å². The van der Waals surface area contributed by atoms with Gasteiger partial charge >= 0.3 is 81.7 Å². The molecule has 1 rings (SSSR count). The predicted octanol–water partition coefficient (Wildman–Crippen LogP) is -0.693. The summed E-state index contributed by atoms with van der Waals surface area (Å²) in [7, 11) is 0. The zero-order chi connectivity index (χ0) is 10.6. The van der Waals surface area contributed by atoms with Crippen molar-refractivity contribution in [2.75, 3.05) is 0 Å². The van der Waals surface area contributed by atoms with Crippen LogP contribution < -0.4 is 9.35 Å². The second-order valence-corrected chi connectivity index (χ2v) is 4.05. The van der Waals surface area contributed by atoms with E-state index in [0.29, 0.717) is 0 Å². The van der Waals surface area contributed by atoms with E-state index in [2.05, 4.69) is 9.88 Å². The van der Waals surface area contributed by atoms with E-state index in [0.717, 1.165) is 0 Å². The van der Waals surface area contributed by atoms with Crippen LogP contribution in [-0.4, -0.2) is 23.4 Å². The zero-order valence-corrected chi connectivity index (χ0v) is 8.37. The molecule has 0 aromatic heterocycles. The van der Waals surface area contributed by atoms with Crippen LogP contribution in [0.2, 0.25) is 0 Å². The van der Waals surface area contributed by atoms with Gasteiger partial charge in [0.2, 0.25) is 0 Å². The fraction of sp³-hybridized carbons (Fsp3) is 0. The van der Waals surface area contributed by atoms with Crippen LogP contribution in [0.3, 0.4) is 0 Å². The Morgan fingerprint density at radius 3 is 2.64 bits per heavy atom. The van der Waals surface area contributed by atoms with Crippen LogP contribution in [0.25, 0.3) is 0 Å². The van der Waals surface area contributed by atoms with E-state index >= 15 is 0 Å². The number of hydrogen-bond donors (Lipinski definition) is 1. The van der Waals surface area contributed by atoms with Crippen molar-refractivity contribution in [2.45, 2.75) is 0 Å². The van der Waals surface area contributed by atoms with Gasteiger partial charge in [-0.15, -0.1) is 0 Å². The standard InChI is InChI=1S/C6H5NO6Se/c8-7(9)13-12-5-3-1-2-4-6(5)14(10)11/h1-4H,(H,10,11). The zero-order valence-electron chi connectivity index (χ0n) is 6.65. The molecule has 0 aliphatic heterocycles. The summed E-state index contributed by atoms with van der Waals surface area (Å²) in [6.07, 6.45) is 0. The van der Waals surface area contributed by atoms with Gasteiger partial charge in [0, 0.05) is 0 Å². The molecule has 0 aliphatic carbocycles. The summed E-state index contributed by atoms with van der Waals surface area (Å²) in [6.45, 7) is 0. The Kier molecular flexibility index (Phi) is 3.52. The van der Waals surface area contributed by atoms with Crippen molar-refractivity contribution in [2.24, 2.45) is 0 Å². The van der Waals surface area contributed by atoms with Crippen molar-refractivity contribution in [1.29, 1.82) is 0 Å². The summed E-state index contributed by atoms with van der Waals surface area (Å²) in [6, 6.07) is 5.63. The molecule has 0 aliphatic rings. The van der Waals surface area contributed by atoms with Gasteiger partial charge in [-0.05, 0) is 0 Å². The van der Waals surface area contributed by atoms with Crippen molar-refractivity contribution in [1.82, 2.24) is 0 Å². The van der Waals surface area contributed by atoms with Crippen molar-refractivity contribution >= 4 is 18.6 Å². The number of hydrogen-bond acceptors (Lipinski definition) is 5. The average Bonchev–Trinajstić information content (AvgIpc) is 2.15. The van der Waals surface area contributed by atoms with Gasteiger partial charge in [-0.25, -0.2) is 0 Å². The van der Waals surface area contributed by atoms with Gasteiger partial charge in [-0.2, -0.15) is 0 Å². The molecule has 0 radical (unpaired) electrons. The maximum atomic E-state index is 10.8. The molecule has 7 nitrogen and oxygen atoms in total. The molecule has 14 heavy (non-hydrogen) atoms. The second-order valence-electron chi connectivity index (χ2n) is 2.08. The Balaban J connectivity index is 2.84. The molecule has 76 valence electrons. The molecule has 0 amide bonds. The Bertz CT molecular complexity index is 367. The van der Waals surface area contributed by atoms with E-state index in [4.69, 9.17) is 4.19 Å². The van der Waals surface area contributed by atoms with Crippen LogP contribution in [-0.2, 0) is 8.82 Å². The number of nitrogens with zero attached hydrogens (tertiary/aromatic N) is 1. The molecule has 0 fully saturated rings. The van der Waals surface area contributed by atoms with Gasteiger partial charge in [0.1, 0.15) is 0 Å². The molecular weight excluding hydrogens is 261 g/mol. The molecule has 0 saturated heterocycles. The third-order valence-electron chi connectivity index (χ3n) is 1.23. The van der Waals surface area contributed by atoms with E-state index in [9.17, 15) is 13.9 Å². The minimum atomic E-state index is -3.18. The van der Waals surface area contributed by atoms with E-state index in [-0.39, 0.29) is 10.2 Å². The summed E-state index contributed by atoms with van der Waals surface area (Å²) in [5.74, 6) is -0.133. The summed E-state index contributed by atoms with van der Waals surface area (Å²) in [4.78, 5) is 17.6. The first-order chi connectivity index (χ1) is 6.61. The van der Waals surface area contributed by atoms with Crippen molar-refractivity contribution < 1.29 is 23.0 Å². The first-order valence-corrected chi connectivity index (χ1v) is 5.62. The molecule has 1 atom stereocenters. The van der Waals surface area contributed by atoms with Crippen LogP contribution in [0.1, 0.15) is 0 Å². The van der Waals surface area contributed by atoms with Gasteiger partial charge in [-0.1, -0.05) is 0 Å². The quantitative estimate of drug-likeness (QED) is 0.335. The van der Waals surface area contributed by atoms with E-state index in [1.807, 2.05) is 0 Å². The van der Waals surface area contributed by atoms with E-state index in [1.54, 1.807) is 0 Å². The number of benzene rings is 1. The van der Waals surface area contributed by atoms with Crippen LogP contribution in [0, 0.1) is 10.1 Å². The van der Waals surface area contributed by atoms with Gasteiger partial charge in [0.25, 0.3) is 0 Å². The van der Waals surface area contributed by atoms with Gasteiger partial charge in [0.15, 0.2) is 0 Å². The molecule has 8 heteroatoms. The van der Waals surface area contributed by atoms with E-state index < -0.39 is 19.2 Å². The molecule has 1 N–H and O–H groups in total. The Hall–Kier alpha value is -1.50. The van der Waals surface area contributed by atoms with Gasteiger partial charge in [-0.3, -0.25) is 0 Å². The van der Waals surface area contributed by atoms with Gasteiger partial charge < -0.3 is 0 Å². The Morgan fingerprint density at radius 2 is 2.07 bits per heavy atom. The van der Waals surface area contributed by atoms with Crippen molar-refractivity contribution in [3.8, 4) is 5.75 Å². The third-order valence-corrected chi connectivity index (χ3v) is 2.72. The van der Waals surface area contributed by atoms with Crippen molar-refractivity contribution in [3.05, 3.63) is 34.4 Å². The molecule has 0 spiro atoms. The Labute approximate surface area is 82.3 Å². The monoisotopic (exact) mass is 267 g/mol. The summed E-state index contributed by atoms with van der Waals surface area (Å²) in [5.41, 5.74) is 0. The summed E-state index contributed by atoms with van der Waals surface area (Å²) in [5, 5.41) is 8.62. The second kappa shape index (κ2) is 4.66. The SMILES string of the molecule is O=[N+]([O-])OOc1ccccc1[Se](=O)O. The number of para-hydroxylation sites is 1. The third kappa shape index (κ3) is 2.77. The van der Waals surface area contributed by atoms with Crippen LogP contribution in [0.15, 0.2) is 24.3 Å². The fourth-order valence-corrected chi connectivity index (χ4v) is 1.72. The molecular formula is C6H5NO6Se. The summed E-state index contributed by atoms with van der Waals surface area (Å²) < 4.78 is 19.6. The number of rotatable bonds is 4. The maximum absolute atomic E-state index is 10.8. The fourth-order valence-electron chi connectivity index (χ4n) is 0.734. The molecule has 1 aromatic rings. The molecule has 0 heterocycles. The van der Waals surface area contributed by atoms with Crippen molar-refractivity contribution in [3.63, 3.8) is 0 Å². The van der Waals surface area contributed by atoms with Crippen LogP contribution in [0.4, 0.5) is 0 Å². The van der Waals surface area contributed by atoms with Crippen LogP contribution in [0.5, 0.6) is 5.75 Å². The minimum absolute atomic E-state index is 0.00523. The molecule has 1 unspecified atom stereocenters. The molecule has 0 saturated carbocycles. The van der Waals surface area contributed by atoms with Gasteiger partial charge in [0.05, 0.1) is 0 Å². The molecule has 1 aromatic carbocycles. The molecule has 0 bridgehead atoms. The summed E-state index contributed by atoms with van der Waals surface area (Å²) >= 11 is -3.18. The normalized spacial score (nSPS) is 11.8. The van der Waals surface area contributed by atoms with Crippen LogP contribution >= 0.6 is 0 Å². The average molecular weight is 266 g/mol. The Morgan fingerprint density at radius 1 is 1.43 bits per heavy atom. The predicted molar refractivity (Wildman–Crippen MR) is 43.4 cm³/mol. The first-order valence-electron chi connectivity index (χ1n) is 3.30.